The first-order valence-corrected chi connectivity index (χ1v) is 12.1. The predicted molar refractivity (Wildman–Crippen MR) is 152 cm³/mol. The molecule has 0 aliphatic heterocycles. The monoisotopic (exact) mass is 669 g/mol. The molecule has 0 bridgehead atoms. The van der Waals surface area contributed by atoms with Crippen molar-refractivity contribution in [2.24, 2.45) is 0 Å². The summed E-state index contributed by atoms with van der Waals surface area (Å²) in [7, 11) is 0. The van der Waals surface area contributed by atoms with Crippen LogP contribution >= 0.6 is 0 Å². The minimum Gasteiger partial charge on any atom is -0.305 e. The standard InChI is InChI=1S/C18H14N.C17H12N.Ir/c1-3-7-15(8-4-1)13-16-11-12-18(19-14-16)17-9-5-2-6-10-17;1-3-7-14(8-4-1)16-11-12-18-17(13-16)15-9-5-2-6-10-15;/h1-9,11-12,14H,13H2;1-9,11-13H;/q2*-1;/i13D2;;. The van der Waals surface area contributed by atoms with E-state index in [9.17, 15) is 0 Å². The van der Waals surface area contributed by atoms with Crippen LogP contribution < -0.4 is 0 Å². The Morgan fingerprint density at radius 3 is 1.79 bits per heavy atom. The van der Waals surface area contributed by atoms with Crippen molar-refractivity contribution in [3.63, 3.8) is 0 Å². The molecule has 2 nitrogen and oxygen atoms in total. The van der Waals surface area contributed by atoms with Gasteiger partial charge >= 0.3 is 0 Å². The zero-order valence-electron chi connectivity index (χ0n) is 22.6. The van der Waals surface area contributed by atoms with E-state index in [-0.39, 0.29) is 20.1 Å². The Balaban J connectivity index is 0.000000182. The Morgan fingerprint density at radius 2 is 1.18 bits per heavy atom. The van der Waals surface area contributed by atoms with Crippen LogP contribution in [0.4, 0.5) is 0 Å². The van der Waals surface area contributed by atoms with Crippen LogP contribution in [0.1, 0.15) is 13.9 Å². The van der Waals surface area contributed by atoms with Gasteiger partial charge in [0, 0.05) is 35.2 Å². The first-order valence-electron chi connectivity index (χ1n) is 13.1. The van der Waals surface area contributed by atoms with Gasteiger partial charge in [-0.2, -0.15) is 0 Å². The van der Waals surface area contributed by atoms with Crippen LogP contribution in [-0.4, -0.2) is 9.97 Å². The molecule has 0 aliphatic carbocycles. The van der Waals surface area contributed by atoms with Crippen molar-refractivity contribution in [1.29, 1.82) is 0 Å². The number of aromatic nitrogens is 2. The van der Waals surface area contributed by atoms with Crippen molar-refractivity contribution in [3.8, 4) is 33.6 Å². The molecule has 0 spiro atoms. The number of benzene rings is 4. The molecule has 0 saturated heterocycles. The summed E-state index contributed by atoms with van der Waals surface area (Å²) in [5.74, 6) is 0. The quantitative estimate of drug-likeness (QED) is 0.173. The second kappa shape index (κ2) is 13.9. The molecule has 187 valence electrons. The smallest absolute Gasteiger partial charge is 0.0366 e. The minimum absolute atomic E-state index is 0. The van der Waals surface area contributed by atoms with E-state index in [4.69, 9.17) is 2.74 Å². The SMILES string of the molecule is [2H]C([2H])(c1ccccc1)c1ccc(-c2[c-]cccc2)nc1.[Ir].[c-]1ccccc1-c1cc(-c2ccccc2)ccn1. The van der Waals surface area contributed by atoms with E-state index in [1.165, 1.54) is 11.1 Å². The number of rotatable bonds is 5. The van der Waals surface area contributed by atoms with Crippen molar-refractivity contribution in [3.05, 3.63) is 169 Å². The Morgan fingerprint density at radius 1 is 0.553 bits per heavy atom. The molecule has 0 unspecified atom stereocenters. The summed E-state index contributed by atoms with van der Waals surface area (Å²) in [5, 5.41) is 0. The Hall–Kier alpha value is -4.17. The third-order valence-corrected chi connectivity index (χ3v) is 5.66. The van der Waals surface area contributed by atoms with Crippen LogP contribution in [0.15, 0.2) is 146 Å². The summed E-state index contributed by atoms with van der Waals surface area (Å²) in [6, 6.07) is 49.1. The molecule has 0 N–H and O–H groups in total. The van der Waals surface area contributed by atoms with Gasteiger partial charge in [0.25, 0.3) is 0 Å². The molecule has 3 heteroatoms. The average molecular weight is 669 g/mol. The van der Waals surface area contributed by atoms with Crippen molar-refractivity contribution in [2.75, 3.05) is 0 Å². The van der Waals surface area contributed by atoms with Gasteiger partial charge in [0.1, 0.15) is 0 Å². The molecular formula is C35H26IrN2-2. The van der Waals surface area contributed by atoms with E-state index in [1.54, 1.807) is 24.4 Å². The molecule has 0 fully saturated rings. The number of pyridine rings is 2. The maximum absolute atomic E-state index is 8.30. The molecule has 6 rings (SSSR count). The van der Waals surface area contributed by atoms with Crippen molar-refractivity contribution in [2.45, 2.75) is 6.37 Å². The summed E-state index contributed by atoms with van der Waals surface area (Å²) in [4.78, 5) is 8.77. The topological polar surface area (TPSA) is 25.8 Å². The van der Waals surface area contributed by atoms with Gasteiger partial charge in [-0.3, -0.25) is 0 Å². The van der Waals surface area contributed by atoms with Crippen LogP contribution in [0.3, 0.4) is 0 Å². The molecule has 0 atom stereocenters. The zero-order chi connectivity index (χ0) is 26.9. The van der Waals surface area contributed by atoms with Gasteiger partial charge in [0.05, 0.1) is 0 Å². The van der Waals surface area contributed by atoms with Crippen LogP contribution in [-0.2, 0) is 26.5 Å². The van der Waals surface area contributed by atoms with Gasteiger partial charge < -0.3 is 9.97 Å². The summed E-state index contributed by atoms with van der Waals surface area (Å²) in [5.41, 5.74) is 7.24. The van der Waals surface area contributed by atoms with Crippen molar-refractivity contribution in [1.82, 2.24) is 9.97 Å². The Kier molecular flexibility index (Phi) is 8.88. The first kappa shape index (κ1) is 24.2. The molecule has 4 aromatic carbocycles. The molecule has 2 aromatic heterocycles. The third kappa shape index (κ3) is 7.43. The number of hydrogen-bond acceptors (Lipinski definition) is 2. The number of hydrogen-bond donors (Lipinski definition) is 0. The summed E-state index contributed by atoms with van der Waals surface area (Å²) in [6.45, 7) is 0. The van der Waals surface area contributed by atoms with Crippen LogP contribution in [0.5, 0.6) is 0 Å². The van der Waals surface area contributed by atoms with E-state index >= 15 is 0 Å². The maximum atomic E-state index is 8.30. The summed E-state index contributed by atoms with van der Waals surface area (Å²) >= 11 is 0. The fourth-order valence-electron chi connectivity index (χ4n) is 3.81. The third-order valence-electron chi connectivity index (χ3n) is 5.66. The molecule has 1 radical (unpaired) electrons. The first-order chi connectivity index (χ1) is 19.1. The maximum Gasteiger partial charge on any atom is 0.0366 e. The molecule has 0 aliphatic rings. The molecular weight excluding hydrogens is 641 g/mol. The Labute approximate surface area is 241 Å². The molecule has 0 saturated carbocycles. The van der Waals surface area contributed by atoms with Crippen LogP contribution in [0.2, 0.25) is 0 Å². The van der Waals surface area contributed by atoms with Crippen LogP contribution in [0, 0.1) is 12.1 Å². The molecule has 38 heavy (non-hydrogen) atoms. The summed E-state index contributed by atoms with van der Waals surface area (Å²) in [6.07, 6.45) is 1.90. The van der Waals surface area contributed by atoms with Gasteiger partial charge in [-0.15, -0.1) is 71.8 Å². The zero-order valence-corrected chi connectivity index (χ0v) is 23.0. The van der Waals surface area contributed by atoms with Gasteiger partial charge in [0.2, 0.25) is 0 Å². The van der Waals surface area contributed by atoms with Gasteiger partial charge in [0.15, 0.2) is 0 Å². The predicted octanol–water partition coefficient (Wildman–Crippen LogP) is 8.35. The van der Waals surface area contributed by atoms with E-state index in [0.29, 0.717) is 11.1 Å². The van der Waals surface area contributed by atoms with E-state index in [1.807, 2.05) is 103 Å². The average Bonchev–Trinajstić information content (AvgIpc) is 3.03. The second-order valence-electron chi connectivity index (χ2n) is 8.27. The van der Waals surface area contributed by atoms with Crippen molar-refractivity contribution < 1.29 is 22.8 Å². The molecule has 6 aromatic rings. The fourth-order valence-corrected chi connectivity index (χ4v) is 3.81. The molecule has 2 heterocycles. The van der Waals surface area contributed by atoms with Gasteiger partial charge in [-0.05, 0) is 46.1 Å². The van der Waals surface area contributed by atoms with Gasteiger partial charge in [-0.25, -0.2) is 0 Å². The van der Waals surface area contributed by atoms with Crippen molar-refractivity contribution >= 4 is 0 Å². The largest absolute Gasteiger partial charge is 0.305 e. The second-order valence-corrected chi connectivity index (χ2v) is 8.27. The van der Waals surface area contributed by atoms with E-state index < -0.39 is 6.37 Å². The normalized spacial score (nSPS) is 11.2. The van der Waals surface area contributed by atoms with Crippen LogP contribution in [0.25, 0.3) is 33.6 Å². The van der Waals surface area contributed by atoms with E-state index in [0.717, 1.165) is 22.5 Å². The minimum atomic E-state index is -1.55. The summed E-state index contributed by atoms with van der Waals surface area (Å²) < 4.78 is 16.6. The number of nitrogens with zero attached hydrogens (tertiary/aromatic N) is 2. The Bertz CT molecular complexity index is 1540. The fraction of sp³-hybridized carbons (Fsp3) is 0.0286. The van der Waals surface area contributed by atoms with Gasteiger partial charge in [-0.1, -0.05) is 78.9 Å². The molecule has 0 amide bonds. The van der Waals surface area contributed by atoms with E-state index in [2.05, 4.69) is 40.3 Å².